The molecule has 138 valence electrons. The van der Waals surface area contributed by atoms with E-state index in [2.05, 4.69) is 15.7 Å². The van der Waals surface area contributed by atoms with Crippen molar-refractivity contribution < 1.29 is 19.1 Å². The topological polar surface area (TPSA) is 79.3 Å². The van der Waals surface area contributed by atoms with E-state index < -0.39 is 17.7 Å². The summed E-state index contributed by atoms with van der Waals surface area (Å²) in [6, 6.07) is 3.27. The zero-order chi connectivity index (χ0) is 18.5. The van der Waals surface area contributed by atoms with Gasteiger partial charge in [0.2, 0.25) is 0 Å². The molecule has 1 fully saturated rings. The van der Waals surface area contributed by atoms with E-state index in [1.54, 1.807) is 11.3 Å². The highest BCUT2D eigenvalue weighted by molar-refractivity contribution is 7.09. The average molecular weight is 376 g/mol. The van der Waals surface area contributed by atoms with Crippen LogP contribution in [0.25, 0.3) is 0 Å². The van der Waals surface area contributed by atoms with Crippen LogP contribution >= 0.6 is 11.3 Å². The van der Waals surface area contributed by atoms with E-state index >= 15 is 0 Å². The summed E-state index contributed by atoms with van der Waals surface area (Å²) in [6.07, 6.45) is 6.83. The van der Waals surface area contributed by atoms with Gasteiger partial charge < -0.3 is 10.4 Å². The summed E-state index contributed by atoms with van der Waals surface area (Å²) < 4.78 is 13.9. The third-order valence-electron chi connectivity index (χ3n) is 4.68. The summed E-state index contributed by atoms with van der Waals surface area (Å²) in [5.74, 6) is -2.06. The standard InChI is InChI=1S/C19H21FN2O3S/c20-15-10-13(19(24)25)6-7-14(15)18(23)21-9-8-17-22-16(11-26-17)12-4-2-1-3-5-12/h6-7,10-12H,1-5,8-9H2,(H,21,23)(H,24,25). The molecular weight excluding hydrogens is 355 g/mol. The predicted octanol–water partition coefficient (Wildman–Crippen LogP) is 4.00. The second-order valence-corrected chi connectivity index (χ2v) is 7.45. The maximum atomic E-state index is 13.9. The molecule has 1 heterocycles. The molecule has 0 saturated heterocycles. The van der Waals surface area contributed by atoms with Crippen molar-refractivity contribution in [1.82, 2.24) is 10.3 Å². The van der Waals surface area contributed by atoms with Crippen LogP contribution in [0, 0.1) is 5.82 Å². The van der Waals surface area contributed by atoms with Crippen LogP contribution in [0.15, 0.2) is 23.6 Å². The lowest BCUT2D eigenvalue weighted by molar-refractivity contribution is 0.0695. The highest BCUT2D eigenvalue weighted by Crippen LogP contribution is 2.33. The van der Waals surface area contributed by atoms with Crippen molar-refractivity contribution >= 4 is 23.2 Å². The number of nitrogens with zero attached hydrogens (tertiary/aromatic N) is 1. The molecule has 0 radical (unpaired) electrons. The predicted molar refractivity (Wildman–Crippen MR) is 97.3 cm³/mol. The average Bonchev–Trinajstić information content (AvgIpc) is 3.11. The Hall–Kier alpha value is -2.28. The third-order valence-corrected chi connectivity index (χ3v) is 5.60. The molecule has 1 amide bonds. The number of halogens is 1. The van der Waals surface area contributed by atoms with E-state index in [1.807, 2.05) is 0 Å². The van der Waals surface area contributed by atoms with Crippen LogP contribution in [0.2, 0.25) is 0 Å². The second kappa shape index (κ2) is 8.40. The van der Waals surface area contributed by atoms with Gasteiger partial charge in [-0.05, 0) is 31.0 Å². The summed E-state index contributed by atoms with van der Waals surface area (Å²) >= 11 is 1.60. The molecule has 1 aliphatic carbocycles. The summed E-state index contributed by atoms with van der Waals surface area (Å²) in [5.41, 5.74) is 0.820. The summed E-state index contributed by atoms with van der Waals surface area (Å²) in [5, 5.41) is 14.6. The number of hydrogen-bond acceptors (Lipinski definition) is 4. The van der Waals surface area contributed by atoms with Crippen molar-refractivity contribution in [3.63, 3.8) is 0 Å². The molecule has 5 nitrogen and oxygen atoms in total. The van der Waals surface area contributed by atoms with Crippen molar-refractivity contribution in [3.05, 3.63) is 51.2 Å². The first kappa shape index (κ1) is 18.5. The van der Waals surface area contributed by atoms with Crippen LogP contribution in [-0.2, 0) is 6.42 Å². The quantitative estimate of drug-likeness (QED) is 0.799. The molecule has 0 spiro atoms. The lowest BCUT2D eigenvalue weighted by atomic mass is 9.87. The number of hydrogen-bond donors (Lipinski definition) is 2. The molecule has 1 saturated carbocycles. The molecular formula is C19H21FN2O3S. The van der Waals surface area contributed by atoms with Crippen LogP contribution in [0.1, 0.15) is 69.4 Å². The lowest BCUT2D eigenvalue weighted by Crippen LogP contribution is -2.26. The maximum absolute atomic E-state index is 13.9. The van der Waals surface area contributed by atoms with E-state index in [1.165, 1.54) is 44.2 Å². The highest BCUT2D eigenvalue weighted by Gasteiger charge is 2.18. The number of carboxylic acids is 1. The number of thiazole rings is 1. The number of aromatic carboxylic acids is 1. The second-order valence-electron chi connectivity index (χ2n) is 6.51. The fraction of sp³-hybridized carbons (Fsp3) is 0.421. The molecule has 1 aromatic heterocycles. The van der Waals surface area contributed by atoms with Gasteiger partial charge in [-0.3, -0.25) is 4.79 Å². The number of benzene rings is 1. The van der Waals surface area contributed by atoms with Crippen LogP contribution < -0.4 is 5.32 Å². The summed E-state index contributed by atoms with van der Waals surface area (Å²) in [7, 11) is 0. The van der Waals surface area contributed by atoms with Gasteiger partial charge in [-0.2, -0.15) is 0 Å². The van der Waals surface area contributed by atoms with E-state index in [-0.39, 0.29) is 11.1 Å². The summed E-state index contributed by atoms with van der Waals surface area (Å²) in [4.78, 5) is 27.6. The van der Waals surface area contributed by atoms with Crippen LogP contribution in [0.4, 0.5) is 4.39 Å². The fourth-order valence-electron chi connectivity index (χ4n) is 3.24. The molecule has 0 atom stereocenters. The van der Waals surface area contributed by atoms with E-state index in [4.69, 9.17) is 5.11 Å². The van der Waals surface area contributed by atoms with Gasteiger partial charge in [0.15, 0.2) is 0 Å². The van der Waals surface area contributed by atoms with Crippen molar-refractivity contribution in [1.29, 1.82) is 0 Å². The Labute approximate surface area is 155 Å². The van der Waals surface area contributed by atoms with E-state index in [9.17, 15) is 14.0 Å². The zero-order valence-electron chi connectivity index (χ0n) is 14.3. The van der Waals surface area contributed by atoms with Gasteiger partial charge in [-0.15, -0.1) is 11.3 Å². The Morgan fingerprint density at radius 3 is 2.73 bits per heavy atom. The first-order chi connectivity index (χ1) is 12.5. The first-order valence-corrected chi connectivity index (χ1v) is 9.68. The van der Waals surface area contributed by atoms with Gasteiger partial charge in [-0.25, -0.2) is 14.2 Å². The molecule has 26 heavy (non-hydrogen) atoms. The van der Waals surface area contributed by atoms with Gasteiger partial charge >= 0.3 is 5.97 Å². The Kier molecular flexibility index (Phi) is 5.98. The van der Waals surface area contributed by atoms with Gasteiger partial charge in [-0.1, -0.05) is 19.3 Å². The van der Waals surface area contributed by atoms with Gasteiger partial charge in [0, 0.05) is 24.3 Å². The normalized spacial score (nSPS) is 15.0. The number of carbonyl (C=O) groups excluding carboxylic acids is 1. The van der Waals surface area contributed by atoms with Crippen LogP contribution in [0.3, 0.4) is 0 Å². The fourth-order valence-corrected chi connectivity index (χ4v) is 4.12. The third kappa shape index (κ3) is 4.46. The first-order valence-electron chi connectivity index (χ1n) is 8.80. The van der Waals surface area contributed by atoms with Crippen LogP contribution in [0.5, 0.6) is 0 Å². The van der Waals surface area contributed by atoms with Crippen molar-refractivity contribution in [2.24, 2.45) is 0 Å². The number of rotatable bonds is 6. The molecule has 0 aliphatic heterocycles. The smallest absolute Gasteiger partial charge is 0.335 e. The van der Waals surface area contributed by atoms with E-state index in [0.29, 0.717) is 18.9 Å². The molecule has 7 heteroatoms. The zero-order valence-corrected chi connectivity index (χ0v) is 15.2. The van der Waals surface area contributed by atoms with Crippen LogP contribution in [-0.4, -0.2) is 28.5 Å². The maximum Gasteiger partial charge on any atom is 0.335 e. The van der Waals surface area contributed by atoms with Gasteiger partial charge in [0.25, 0.3) is 5.91 Å². The minimum Gasteiger partial charge on any atom is -0.478 e. The molecule has 2 aromatic rings. The molecule has 0 unspecified atom stereocenters. The van der Waals surface area contributed by atoms with Gasteiger partial charge in [0.1, 0.15) is 5.82 Å². The number of nitrogens with one attached hydrogen (secondary N) is 1. The summed E-state index contributed by atoms with van der Waals surface area (Å²) in [6.45, 7) is 0.358. The number of carbonyl (C=O) groups is 2. The Balaban J connectivity index is 1.52. The molecule has 3 rings (SSSR count). The Morgan fingerprint density at radius 2 is 2.04 bits per heavy atom. The minimum atomic E-state index is -1.23. The molecule has 1 aromatic carbocycles. The number of amides is 1. The van der Waals surface area contributed by atoms with Crippen molar-refractivity contribution in [2.75, 3.05) is 6.54 Å². The molecule has 0 bridgehead atoms. The molecule has 2 N–H and O–H groups in total. The van der Waals surface area contributed by atoms with E-state index in [0.717, 1.165) is 16.8 Å². The SMILES string of the molecule is O=C(O)c1ccc(C(=O)NCCc2nc(C3CCCCC3)cs2)c(F)c1. The highest BCUT2D eigenvalue weighted by atomic mass is 32.1. The van der Waals surface area contributed by atoms with Gasteiger partial charge in [0.05, 0.1) is 21.8 Å². The Morgan fingerprint density at radius 1 is 1.27 bits per heavy atom. The largest absolute Gasteiger partial charge is 0.478 e. The monoisotopic (exact) mass is 376 g/mol. The minimum absolute atomic E-state index is 0.156. The number of aromatic nitrogens is 1. The van der Waals surface area contributed by atoms with Crippen molar-refractivity contribution in [2.45, 2.75) is 44.4 Å². The Bertz CT molecular complexity index is 800. The lowest BCUT2D eigenvalue weighted by Gasteiger charge is -2.19. The van der Waals surface area contributed by atoms with Crippen molar-refractivity contribution in [3.8, 4) is 0 Å². The number of carboxylic acid groups (broad SMARTS) is 1. The molecule has 1 aliphatic rings.